The Labute approximate surface area is 115 Å². The number of rotatable bonds is 5. The van der Waals surface area contributed by atoms with Crippen molar-refractivity contribution in [1.29, 1.82) is 0 Å². The van der Waals surface area contributed by atoms with E-state index in [-0.39, 0.29) is 5.91 Å². The van der Waals surface area contributed by atoms with Crippen LogP contribution in [0.2, 0.25) is 0 Å². The summed E-state index contributed by atoms with van der Waals surface area (Å²) in [4.78, 5) is 12.0. The number of hydrogen-bond acceptors (Lipinski definition) is 4. The van der Waals surface area contributed by atoms with Crippen LogP contribution < -0.4 is 5.32 Å². The molecule has 0 fully saturated rings. The molecule has 2 N–H and O–H groups in total. The molecule has 7 heteroatoms. The van der Waals surface area contributed by atoms with Gasteiger partial charge in [-0.15, -0.1) is 5.10 Å². The van der Waals surface area contributed by atoms with Crippen LogP contribution in [-0.2, 0) is 6.54 Å². The number of aryl methyl sites for hydroxylation is 1. The SMILES string of the molecule is O=C(NCCCn1ccnn1)c1ccc2cn[nH]c2c1. The van der Waals surface area contributed by atoms with Crippen molar-refractivity contribution in [3.63, 3.8) is 0 Å². The molecular formula is C13H14N6O. The maximum absolute atomic E-state index is 12.0. The molecule has 0 spiro atoms. The summed E-state index contributed by atoms with van der Waals surface area (Å²) in [5, 5.41) is 18.2. The van der Waals surface area contributed by atoms with E-state index in [1.54, 1.807) is 35.4 Å². The fourth-order valence-electron chi connectivity index (χ4n) is 1.98. The number of aromatic amines is 1. The topological polar surface area (TPSA) is 88.5 Å². The molecule has 0 unspecified atom stereocenters. The van der Waals surface area contributed by atoms with Gasteiger partial charge in [0.1, 0.15) is 0 Å². The van der Waals surface area contributed by atoms with E-state index >= 15 is 0 Å². The molecule has 3 aromatic rings. The molecule has 2 heterocycles. The summed E-state index contributed by atoms with van der Waals surface area (Å²) in [6.07, 6.45) is 5.97. The van der Waals surface area contributed by atoms with Crippen molar-refractivity contribution in [2.45, 2.75) is 13.0 Å². The van der Waals surface area contributed by atoms with Crippen molar-refractivity contribution in [1.82, 2.24) is 30.5 Å². The monoisotopic (exact) mass is 270 g/mol. The third-order valence-electron chi connectivity index (χ3n) is 3.03. The second-order valence-electron chi connectivity index (χ2n) is 4.45. The maximum Gasteiger partial charge on any atom is 0.251 e. The summed E-state index contributed by atoms with van der Waals surface area (Å²) in [6, 6.07) is 5.48. The standard InChI is InChI=1S/C13H14N6O/c20-13(14-4-1-6-19-7-5-15-18-19)10-2-3-11-9-16-17-12(11)8-10/h2-3,5,7-9H,1,4,6H2,(H,14,20)(H,16,17). The lowest BCUT2D eigenvalue weighted by atomic mass is 10.1. The van der Waals surface area contributed by atoms with Crippen molar-refractivity contribution in [3.05, 3.63) is 42.4 Å². The Balaban J connectivity index is 1.53. The number of H-pyrrole nitrogens is 1. The van der Waals surface area contributed by atoms with Crippen molar-refractivity contribution in [2.24, 2.45) is 0 Å². The summed E-state index contributed by atoms with van der Waals surface area (Å²) >= 11 is 0. The summed E-state index contributed by atoms with van der Waals surface area (Å²) in [6.45, 7) is 1.33. The summed E-state index contributed by atoms with van der Waals surface area (Å²) in [5.74, 6) is -0.0832. The molecule has 0 aliphatic heterocycles. The number of benzene rings is 1. The fourth-order valence-corrected chi connectivity index (χ4v) is 1.98. The predicted octanol–water partition coefficient (Wildman–Crippen LogP) is 0.974. The highest BCUT2D eigenvalue weighted by Gasteiger charge is 2.06. The number of nitrogens with one attached hydrogen (secondary N) is 2. The number of nitrogens with zero attached hydrogens (tertiary/aromatic N) is 4. The van der Waals surface area contributed by atoms with Crippen LogP contribution in [0.5, 0.6) is 0 Å². The Morgan fingerprint density at radius 3 is 3.20 bits per heavy atom. The van der Waals surface area contributed by atoms with Crippen molar-refractivity contribution < 1.29 is 4.79 Å². The molecule has 1 aromatic carbocycles. The van der Waals surface area contributed by atoms with Gasteiger partial charge in [0, 0.05) is 30.2 Å². The first kappa shape index (κ1) is 12.3. The molecule has 1 amide bonds. The van der Waals surface area contributed by atoms with Crippen molar-refractivity contribution in [3.8, 4) is 0 Å². The van der Waals surface area contributed by atoms with Crippen LogP contribution in [-0.4, -0.2) is 37.6 Å². The predicted molar refractivity (Wildman–Crippen MR) is 73.1 cm³/mol. The first-order chi connectivity index (χ1) is 9.83. The molecule has 3 rings (SSSR count). The molecule has 0 aliphatic carbocycles. The Kier molecular flexibility index (Phi) is 3.40. The van der Waals surface area contributed by atoms with Crippen LogP contribution in [0, 0.1) is 0 Å². The first-order valence-electron chi connectivity index (χ1n) is 6.38. The Morgan fingerprint density at radius 1 is 1.40 bits per heavy atom. The first-order valence-corrected chi connectivity index (χ1v) is 6.38. The highest BCUT2D eigenvalue weighted by molar-refractivity contribution is 5.97. The molecule has 0 saturated heterocycles. The second kappa shape index (κ2) is 5.52. The van der Waals surface area contributed by atoms with E-state index in [0.717, 1.165) is 23.9 Å². The van der Waals surface area contributed by atoms with E-state index in [0.29, 0.717) is 12.1 Å². The zero-order chi connectivity index (χ0) is 13.8. The van der Waals surface area contributed by atoms with Crippen molar-refractivity contribution in [2.75, 3.05) is 6.54 Å². The van der Waals surface area contributed by atoms with Gasteiger partial charge in [-0.2, -0.15) is 5.10 Å². The van der Waals surface area contributed by atoms with Crippen LogP contribution in [0.3, 0.4) is 0 Å². The number of fused-ring (bicyclic) bond motifs is 1. The molecular weight excluding hydrogens is 256 g/mol. The molecule has 0 radical (unpaired) electrons. The zero-order valence-corrected chi connectivity index (χ0v) is 10.8. The van der Waals surface area contributed by atoms with Gasteiger partial charge in [0.25, 0.3) is 5.91 Å². The van der Waals surface area contributed by atoms with E-state index in [2.05, 4.69) is 25.8 Å². The Hall–Kier alpha value is -2.70. The quantitative estimate of drug-likeness (QED) is 0.676. The van der Waals surface area contributed by atoms with Gasteiger partial charge in [-0.1, -0.05) is 11.3 Å². The van der Waals surface area contributed by atoms with Crippen LogP contribution in [0.25, 0.3) is 10.9 Å². The number of hydrogen-bond donors (Lipinski definition) is 2. The lowest BCUT2D eigenvalue weighted by Crippen LogP contribution is -2.25. The number of amides is 1. The lowest BCUT2D eigenvalue weighted by molar-refractivity contribution is 0.0952. The molecule has 0 saturated carbocycles. The lowest BCUT2D eigenvalue weighted by Gasteiger charge is -2.05. The summed E-state index contributed by atoms with van der Waals surface area (Å²) in [5.41, 5.74) is 1.49. The minimum absolute atomic E-state index is 0.0832. The number of carbonyl (C=O) groups is 1. The van der Waals surface area contributed by atoms with Gasteiger partial charge in [-0.25, -0.2) is 0 Å². The van der Waals surface area contributed by atoms with Gasteiger partial charge >= 0.3 is 0 Å². The summed E-state index contributed by atoms with van der Waals surface area (Å²) < 4.78 is 1.74. The second-order valence-corrected chi connectivity index (χ2v) is 4.45. The third kappa shape index (κ3) is 2.66. The minimum Gasteiger partial charge on any atom is -0.352 e. The van der Waals surface area contributed by atoms with E-state index < -0.39 is 0 Å². The Bertz CT molecular complexity index is 703. The van der Waals surface area contributed by atoms with Gasteiger partial charge in [0.05, 0.1) is 17.9 Å². The summed E-state index contributed by atoms with van der Waals surface area (Å²) in [7, 11) is 0. The van der Waals surface area contributed by atoms with Gasteiger partial charge in [0.15, 0.2) is 0 Å². The molecule has 7 nitrogen and oxygen atoms in total. The molecule has 0 atom stereocenters. The average Bonchev–Trinajstić information content (AvgIpc) is 3.13. The molecule has 102 valence electrons. The van der Waals surface area contributed by atoms with E-state index in [4.69, 9.17) is 0 Å². The third-order valence-corrected chi connectivity index (χ3v) is 3.03. The zero-order valence-electron chi connectivity index (χ0n) is 10.8. The van der Waals surface area contributed by atoms with E-state index in [1.807, 2.05) is 6.07 Å². The Morgan fingerprint density at radius 2 is 2.35 bits per heavy atom. The maximum atomic E-state index is 12.0. The molecule has 2 aromatic heterocycles. The van der Waals surface area contributed by atoms with Crippen LogP contribution >= 0.6 is 0 Å². The van der Waals surface area contributed by atoms with Gasteiger partial charge in [-0.3, -0.25) is 14.6 Å². The smallest absolute Gasteiger partial charge is 0.251 e. The largest absolute Gasteiger partial charge is 0.352 e. The van der Waals surface area contributed by atoms with Crippen LogP contribution in [0.4, 0.5) is 0 Å². The molecule has 20 heavy (non-hydrogen) atoms. The van der Waals surface area contributed by atoms with Crippen LogP contribution in [0.1, 0.15) is 16.8 Å². The number of aromatic nitrogens is 5. The van der Waals surface area contributed by atoms with E-state index in [1.165, 1.54) is 0 Å². The minimum atomic E-state index is -0.0832. The highest BCUT2D eigenvalue weighted by Crippen LogP contribution is 2.12. The van der Waals surface area contributed by atoms with Crippen LogP contribution in [0.15, 0.2) is 36.8 Å². The average molecular weight is 270 g/mol. The van der Waals surface area contributed by atoms with Crippen molar-refractivity contribution >= 4 is 16.8 Å². The van der Waals surface area contributed by atoms with Gasteiger partial charge < -0.3 is 5.32 Å². The van der Waals surface area contributed by atoms with Gasteiger partial charge in [0.2, 0.25) is 0 Å². The molecule has 0 aliphatic rings. The normalized spacial score (nSPS) is 10.8. The van der Waals surface area contributed by atoms with Gasteiger partial charge in [-0.05, 0) is 18.6 Å². The fraction of sp³-hybridized carbons (Fsp3) is 0.231. The van der Waals surface area contributed by atoms with E-state index in [9.17, 15) is 4.79 Å². The molecule has 0 bridgehead atoms. The highest BCUT2D eigenvalue weighted by atomic mass is 16.1. The number of carbonyl (C=O) groups excluding carboxylic acids is 1.